The number of carboxylic acid groups (broad SMARTS) is 2. The van der Waals surface area contributed by atoms with E-state index in [1.54, 1.807) is 0 Å². The summed E-state index contributed by atoms with van der Waals surface area (Å²) in [4.78, 5) is 23.4. The van der Waals surface area contributed by atoms with Gasteiger partial charge in [0.15, 0.2) is 0 Å². The zero-order chi connectivity index (χ0) is 29.6. The maximum absolute atomic E-state index is 12.6. The van der Waals surface area contributed by atoms with Gasteiger partial charge >= 0.3 is 11.9 Å². The summed E-state index contributed by atoms with van der Waals surface area (Å²) in [5.41, 5.74) is -0.611. The van der Waals surface area contributed by atoms with Crippen LogP contribution in [0.4, 0.5) is 0 Å². The molecule has 0 aromatic heterocycles. The van der Waals surface area contributed by atoms with Crippen molar-refractivity contribution in [1.82, 2.24) is 0 Å². The average molecular weight is 567 g/mol. The molecule has 0 unspecified atom stereocenters. The first-order valence-corrected chi connectivity index (χ1v) is 17.9. The van der Waals surface area contributed by atoms with Crippen LogP contribution >= 0.6 is 0 Å². The van der Waals surface area contributed by atoms with Crippen molar-refractivity contribution in [1.29, 1.82) is 0 Å². The van der Waals surface area contributed by atoms with Crippen molar-refractivity contribution in [3.8, 4) is 0 Å². The molecule has 0 saturated carbocycles. The van der Waals surface area contributed by atoms with Crippen molar-refractivity contribution in [3.05, 3.63) is 0 Å². The summed E-state index contributed by atoms with van der Waals surface area (Å²) in [7, 11) is 0. The van der Waals surface area contributed by atoms with E-state index in [4.69, 9.17) is 5.11 Å². The molecule has 238 valence electrons. The van der Waals surface area contributed by atoms with Crippen molar-refractivity contribution in [2.45, 2.75) is 213 Å². The fourth-order valence-corrected chi connectivity index (χ4v) is 6.22. The van der Waals surface area contributed by atoms with E-state index in [0.29, 0.717) is 12.8 Å². The Morgan fingerprint density at radius 1 is 0.400 bits per heavy atom. The number of carbonyl (C=O) groups is 2. The molecule has 0 saturated heterocycles. The molecule has 0 rings (SSSR count). The van der Waals surface area contributed by atoms with Gasteiger partial charge in [0, 0.05) is 6.42 Å². The lowest BCUT2D eigenvalue weighted by molar-refractivity contribution is -0.151. The second kappa shape index (κ2) is 29.4. The van der Waals surface area contributed by atoms with Crippen molar-refractivity contribution >= 4 is 11.9 Å². The highest BCUT2D eigenvalue weighted by Crippen LogP contribution is 2.38. The Balaban J connectivity index is 4.30. The van der Waals surface area contributed by atoms with Crippen LogP contribution in [0.15, 0.2) is 0 Å². The summed E-state index contributed by atoms with van der Waals surface area (Å²) in [6.07, 6.45) is 35.9. The van der Waals surface area contributed by atoms with Crippen LogP contribution in [0.2, 0.25) is 0 Å². The lowest BCUT2D eigenvalue weighted by Gasteiger charge is -2.30. The predicted molar refractivity (Wildman–Crippen MR) is 172 cm³/mol. The highest BCUT2D eigenvalue weighted by molar-refractivity contribution is 5.74. The van der Waals surface area contributed by atoms with Gasteiger partial charge in [-0.25, -0.2) is 0 Å². The molecule has 0 amide bonds. The van der Waals surface area contributed by atoms with E-state index >= 15 is 0 Å². The molecular weight excluding hydrogens is 496 g/mol. The minimum Gasteiger partial charge on any atom is -0.481 e. The van der Waals surface area contributed by atoms with Crippen LogP contribution in [0.3, 0.4) is 0 Å². The number of unbranched alkanes of at least 4 members (excludes halogenated alkanes) is 24. The van der Waals surface area contributed by atoms with E-state index in [2.05, 4.69) is 13.8 Å². The van der Waals surface area contributed by atoms with Crippen molar-refractivity contribution in [2.75, 3.05) is 0 Å². The molecule has 0 radical (unpaired) electrons. The molecule has 4 nitrogen and oxygen atoms in total. The van der Waals surface area contributed by atoms with Crippen LogP contribution in [0.1, 0.15) is 213 Å². The minimum atomic E-state index is -0.752. The fourth-order valence-electron chi connectivity index (χ4n) is 6.22. The number of hydrogen-bond acceptors (Lipinski definition) is 2. The molecule has 0 bridgehead atoms. The van der Waals surface area contributed by atoms with Gasteiger partial charge < -0.3 is 10.2 Å². The molecule has 0 aliphatic carbocycles. The van der Waals surface area contributed by atoms with Gasteiger partial charge in [-0.15, -0.1) is 0 Å². The molecular formula is C36H70O4. The predicted octanol–water partition coefficient (Wildman–Crippen LogP) is 12.3. The molecule has 0 heterocycles. The molecule has 0 aromatic rings. The summed E-state index contributed by atoms with van der Waals surface area (Å²) in [6, 6.07) is 0. The smallest absolute Gasteiger partial charge is 0.309 e. The number of hydrogen-bond donors (Lipinski definition) is 2. The summed E-state index contributed by atoms with van der Waals surface area (Å²) in [6.45, 7) is 4.53. The molecule has 0 atom stereocenters. The Hall–Kier alpha value is -1.06. The van der Waals surface area contributed by atoms with E-state index < -0.39 is 17.4 Å². The number of rotatable bonds is 33. The minimum absolute atomic E-state index is 0.192. The summed E-state index contributed by atoms with van der Waals surface area (Å²) < 4.78 is 0. The fraction of sp³-hybridized carbons (Fsp3) is 0.944. The van der Waals surface area contributed by atoms with Crippen LogP contribution in [-0.2, 0) is 9.59 Å². The van der Waals surface area contributed by atoms with E-state index in [9.17, 15) is 14.7 Å². The maximum atomic E-state index is 12.6. The summed E-state index contributed by atoms with van der Waals surface area (Å²) in [5, 5.41) is 19.3. The zero-order valence-corrected chi connectivity index (χ0v) is 27.1. The second-order valence-corrected chi connectivity index (χ2v) is 12.8. The normalized spacial score (nSPS) is 11.8. The first-order chi connectivity index (χ1) is 19.5. The Morgan fingerprint density at radius 3 is 0.900 bits per heavy atom. The molecule has 0 spiro atoms. The second-order valence-electron chi connectivity index (χ2n) is 12.8. The van der Waals surface area contributed by atoms with E-state index in [-0.39, 0.29) is 6.42 Å². The standard InChI is InChI=1S/C36H70O4/c1-3-5-7-9-11-13-15-17-19-21-23-27-31-36(35(39)40,33-29-25-26-30-34(37)38)32-28-24-22-20-18-16-14-12-10-8-6-4-2/h3-33H2,1-2H3,(H,37,38)(H,39,40). The SMILES string of the molecule is CCCCCCCCCCCCCCC(CCCCCCCCCCCCCC)(CCCCCC(=O)O)C(=O)O. The van der Waals surface area contributed by atoms with Gasteiger partial charge in [0.25, 0.3) is 0 Å². The molecule has 0 aliphatic rings. The third kappa shape index (κ3) is 24.7. The van der Waals surface area contributed by atoms with E-state index in [1.165, 1.54) is 128 Å². The van der Waals surface area contributed by atoms with Gasteiger partial charge in [-0.1, -0.05) is 181 Å². The van der Waals surface area contributed by atoms with E-state index in [0.717, 1.165) is 51.4 Å². The molecule has 4 heteroatoms. The van der Waals surface area contributed by atoms with E-state index in [1.807, 2.05) is 0 Å². The molecule has 0 aliphatic heterocycles. The Bertz CT molecular complexity index is 531. The van der Waals surface area contributed by atoms with Gasteiger partial charge in [0.05, 0.1) is 5.41 Å². The topological polar surface area (TPSA) is 74.6 Å². The van der Waals surface area contributed by atoms with Gasteiger partial charge in [-0.05, 0) is 25.7 Å². The number of aliphatic carboxylic acids is 2. The molecule has 2 N–H and O–H groups in total. The highest BCUT2D eigenvalue weighted by atomic mass is 16.4. The van der Waals surface area contributed by atoms with Crippen LogP contribution in [0.5, 0.6) is 0 Å². The van der Waals surface area contributed by atoms with Gasteiger partial charge in [0.2, 0.25) is 0 Å². The third-order valence-corrected chi connectivity index (χ3v) is 9.02. The maximum Gasteiger partial charge on any atom is 0.309 e. The first-order valence-electron chi connectivity index (χ1n) is 17.9. The van der Waals surface area contributed by atoms with Crippen molar-refractivity contribution in [2.24, 2.45) is 5.41 Å². The lowest BCUT2D eigenvalue weighted by atomic mass is 9.74. The van der Waals surface area contributed by atoms with Gasteiger partial charge in [-0.2, -0.15) is 0 Å². The summed E-state index contributed by atoms with van der Waals surface area (Å²) >= 11 is 0. The van der Waals surface area contributed by atoms with Crippen LogP contribution in [-0.4, -0.2) is 22.2 Å². The van der Waals surface area contributed by atoms with Gasteiger partial charge in [-0.3, -0.25) is 9.59 Å². The largest absolute Gasteiger partial charge is 0.481 e. The Kier molecular flexibility index (Phi) is 28.7. The van der Waals surface area contributed by atoms with Crippen LogP contribution in [0.25, 0.3) is 0 Å². The first kappa shape index (κ1) is 38.9. The molecule has 0 aromatic carbocycles. The Morgan fingerprint density at radius 2 is 0.650 bits per heavy atom. The quantitative estimate of drug-likeness (QED) is 0.0775. The zero-order valence-electron chi connectivity index (χ0n) is 27.1. The Labute approximate surface area is 249 Å². The third-order valence-electron chi connectivity index (χ3n) is 9.02. The molecule has 40 heavy (non-hydrogen) atoms. The number of carboxylic acids is 2. The van der Waals surface area contributed by atoms with Crippen molar-refractivity contribution in [3.63, 3.8) is 0 Å². The highest BCUT2D eigenvalue weighted by Gasteiger charge is 2.36. The van der Waals surface area contributed by atoms with Crippen molar-refractivity contribution < 1.29 is 19.8 Å². The monoisotopic (exact) mass is 567 g/mol. The van der Waals surface area contributed by atoms with Gasteiger partial charge in [0.1, 0.15) is 0 Å². The van der Waals surface area contributed by atoms with Crippen LogP contribution in [0, 0.1) is 5.41 Å². The molecule has 0 fully saturated rings. The summed E-state index contributed by atoms with van der Waals surface area (Å²) in [5.74, 6) is -1.37. The average Bonchev–Trinajstić information content (AvgIpc) is 2.93. The van der Waals surface area contributed by atoms with Crippen LogP contribution < -0.4 is 0 Å². The lowest BCUT2D eigenvalue weighted by Crippen LogP contribution is -2.31.